The number of hydrogen-bond donors (Lipinski definition) is 0. The Bertz CT molecular complexity index is 219. The molecule has 0 amide bonds. The van der Waals surface area contributed by atoms with Crippen molar-refractivity contribution in [3.8, 4) is 0 Å². The molecule has 1 heteroatoms. The van der Waals surface area contributed by atoms with Crippen molar-refractivity contribution in [1.29, 1.82) is 0 Å². The van der Waals surface area contributed by atoms with E-state index in [1.165, 1.54) is 5.57 Å². The highest BCUT2D eigenvalue weighted by atomic mass is 19.1. The predicted octanol–water partition coefficient (Wildman–Crippen LogP) is 3.14. The van der Waals surface area contributed by atoms with Crippen molar-refractivity contribution in [2.45, 2.75) is 20.3 Å². The van der Waals surface area contributed by atoms with E-state index < -0.39 is 0 Å². The van der Waals surface area contributed by atoms with Crippen LogP contribution < -0.4 is 0 Å². The molecule has 0 N–H and O–H groups in total. The van der Waals surface area contributed by atoms with Crippen molar-refractivity contribution in [2.24, 2.45) is 0 Å². The van der Waals surface area contributed by atoms with Gasteiger partial charge in [0.1, 0.15) is 5.83 Å². The highest BCUT2D eigenvalue weighted by Crippen LogP contribution is 2.17. The van der Waals surface area contributed by atoms with Gasteiger partial charge in [0.15, 0.2) is 0 Å². The second kappa shape index (κ2) is 2.82. The van der Waals surface area contributed by atoms with E-state index in [0.29, 0.717) is 6.42 Å². The van der Waals surface area contributed by atoms with Crippen molar-refractivity contribution in [3.05, 3.63) is 35.2 Å². The first kappa shape index (κ1) is 7.26. The Labute approximate surface area is 60.7 Å². The van der Waals surface area contributed by atoms with Gasteiger partial charge in [0.25, 0.3) is 0 Å². The molecule has 10 heavy (non-hydrogen) atoms. The van der Waals surface area contributed by atoms with E-state index in [4.69, 9.17) is 0 Å². The minimum atomic E-state index is -0.120. The maximum absolute atomic E-state index is 12.6. The third kappa shape index (κ3) is 1.56. The van der Waals surface area contributed by atoms with Crippen LogP contribution in [0.15, 0.2) is 35.2 Å². The van der Waals surface area contributed by atoms with Gasteiger partial charge < -0.3 is 0 Å². The zero-order chi connectivity index (χ0) is 7.56. The molecule has 0 aliphatic heterocycles. The van der Waals surface area contributed by atoms with Crippen LogP contribution in [0.2, 0.25) is 0 Å². The number of hydrogen-bond acceptors (Lipinski definition) is 0. The van der Waals surface area contributed by atoms with Crippen LogP contribution in [0.5, 0.6) is 0 Å². The summed E-state index contributed by atoms with van der Waals surface area (Å²) < 4.78 is 12.6. The van der Waals surface area contributed by atoms with Crippen LogP contribution in [0.3, 0.4) is 0 Å². The molecule has 0 saturated heterocycles. The molecule has 1 aliphatic rings. The third-order valence-corrected chi connectivity index (χ3v) is 1.71. The summed E-state index contributed by atoms with van der Waals surface area (Å²) in [5.41, 5.74) is 2.19. The van der Waals surface area contributed by atoms with Crippen molar-refractivity contribution in [3.63, 3.8) is 0 Å². The second-order valence-electron chi connectivity index (χ2n) is 2.54. The summed E-state index contributed by atoms with van der Waals surface area (Å²) in [5, 5.41) is 0. The van der Waals surface area contributed by atoms with Crippen molar-refractivity contribution in [2.75, 3.05) is 0 Å². The van der Waals surface area contributed by atoms with E-state index in [1.54, 1.807) is 12.2 Å². The second-order valence-corrected chi connectivity index (χ2v) is 2.54. The van der Waals surface area contributed by atoms with Crippen LogP contribution in [0.4, 0.5) is 4.39 Å². The van der Waals surface area contributed by atoms with E-state index in [9.17, 15) is 4.39 Å². The van der Waals surface area contributed by atoms with Gasteiger partial charge in [0, 0.05) is 0 Å². The molecule has 0 atom stereocenters. The zero-order valence-electron chi connectivity index (χ0n) is 6.32. The fourth-order valence-corrected chi connectivity index (χ4v) is 0.889. The SMILES string of the molecule is CC1=CCC=C(F)C=C1C. The maximum Gasteiger partial charge on any atom is 0.119 e. The average molecular weight is 138 g/mol. The lowest BCUT2D eigenvalue weighted by atomic mass is 10.1. The number of allylic oxidation sites excluding steroid dienone is 6. The van der Waals surface area contributed by atoms with E-state index in [0.717, 1.165) is 5.57 Å². The third-order valence-electron chi connectivity index (χ3n) is 1.71. The highest BCUT2D eigenvalue weighted by molar-refractivity contribution is 5.35. The first-order valence-corrected chi connectivity index (χ1v) is 3.41. The predicted molar refractivity (Wildman–Crippen MR) is 41.3 cm³/mol. The van der Waals surface area contributed by atoms with Crippen molar-refractivity contribution < 1.29 is 4.39 Å². The number of rotatable bonds is 0. The van der Waals surface area contributed by atoms with Crippen LogP contribution >= 0.6 is 0 Å². The lowest BCUT2D eigenvalue weighted by Gasteiger charge is -1.95. The summed E-state index contributed by atoms with van der Waals surface area (Å²) >= 11 is 0. The summed E-state index contributed by atoms with van der Waals surface area (Å²) in [7, 11) is 0. The summed E-state index contributed by atoms with van der Waals surface area (Å²) in [4.78, 5) is 0. The Morgan fingerprint density at radius 3 is 2.60 bits per heavy atom. The van der Waals surface area contributed by atoms with Crippen molar-refractivity contribution in [1.82, 2.24) is 0 Å². The molecule has 0 spiro atoms. The quantitative estimate of drug-likeness (QED) is 0.482. The van der Waals surface area contributed by atoms with Gasteiger partial charge in [0.05, 0.1) is 0 Å². The van der Waals surface area contributed by atoms with Gasteiger partial charge in [-0.25, -0.2) is 4.39 Å². The Kier molecular flexibility index (Phi) is 2.05. The minimum Gasteiger partial charge on any atom is -0.207 e. The van der Waals surface area contributed by atoms with Gasteiger partial charge in [-0.15, -0.1) is 0 Å². The first-order chi connectivity index (χ1) is 4.70. The Morgan fingerprint density at radius 2 is 1.90 bits per heavy atom. The summed E-state index contributed by atoms with van der Waals surface area (Å²) in [5.74, 6) is -0.120. The summed E-state index contributed by atoms with van der Waals surface area (Å²) in [6.07, 6.45) is 5.89. The van der Waals surface area contributed by atoms with Gasteiger partial charge in [0.2, 0.25) is 0 Å². The fourth-order valence-electron chi connectivity index (χ4n) is 0.889. The Balaban J connectivity index is 2.92. The van der Waals surface area contributed by atoms with Gasteiger partial charge in [-0.2, -0.15) is 0 Å². The normalized spacial score (nSPS) is 18.9. The lowest BCUT2D eigenvalue weighted by Crippen LogP contribution is -1.76. The van der Waals surface area contributed by atoms with E-state index >= 15 is 0 Å². The molecular weight excluding hydrogens is 127 g/mol. The molecule has 0 aromatic rings. The molecule has 54 valence electrons. The summed E-state index contributed by atoms with van der Waals surface area (Å²) in [6, 6.07) is 0. The largest absolute Gasteiger partial charge is 0.207 e. The molecular formula is C9H11F. The Morgan fingerprint density at radius 1 is 1.20 bits per heavy atom. The molecule has 0 aromatic carbocycles. The molecule has 0 bridgehead atoms. The van der Waals surface area contributed by atoms with Crippen LogP contribution in [-0.4, -0.2) is 0 Å². The van der Waals surface area contributed by atoms with Gasteiger partial charge in [-0.3, -0.25) is 0 Å². The monoisotopic (exact) mass is 138 g/mol. The van der Waals surface area contributed by atoms with Crippen LogP contribution in [0.1, 0.15) is 20.3 Å². The minimum absolute atomic E-state index is 0.120. The first-order valence-electron chi connectivity index (χ1n) is 3.41. The molecule has 1 aliphatic carbocycles. The van der Waals surface area contributed by atoms with Gasteiger partial charge in [-0.1, -0.05) is 11.6 Å². The molecule has 1 rings (SSSR count). The van der Waals surface area contributed by atoms with E-state index in [-0.39, 0.29) is 5.83 Å². The van der Waals surface area contributed by atoms with Crippen LogP contribution in [-0.2, 0) is 0 Å². The fraction of sp³-hybridized carbons (Fsp3) is 0.333. The highest BCUT2D eigenvalue weighted by Gasteiger charge is 1.98. The van der Waals surface area contributed by atoms with Crippen molar-refractivity contribution >= 4 is 0 Å². The molecule has 0 unspecified atom stereocenters. The summed E-state index contributed by atoms with van der Waals surface area (Å²) in [6.45, 7) is 3.92. The molecule has 0 heterocycles. The average Bonchev–Trinajstić information content (AvgIpc) is 1.96. The van der Waals surface area contributed by atoms with Crippen LogP contribution in [0, 0.1) is 0 Å². The topological polar surface area (TPSA) is 0 Å². The van der Waals surface area contributed by atoms with E-state index in [1.807, 2.05) is 19.9 Å². The van der Waals surface area contributed by atoms with Crippen LogP contribution in [0.25, 0.3) is 0 Å². The molecule has 0 radical (unpaired) electrons. The van der Waals surface area contributed by atoms with Gasteiger partial charge >= 0.3 is 0 Å². The molecule has 0 fully saturated rings. The molecule has 0 aromatic heterocycles. The standard InChI is InChI=1S/C9H11F/c1-7-4-3-5-9(10)6-8(7)2/h4-6H,3H2,1-2H3. The Hall–Kier alpha value is -0.850. The molecule has 0 nitrogen and oxygen atoms in total. The maximum atomic E-state index is 12.6. The zero-order valence-corrected chi connectivity index (χ0v) is 6.32. The van der Waals surface area contributed by atoms with Gasteiger partial charge in [-0.05, 0) is 38.0 Å². The van der Waals surface area contributed by atoms with E-state index in [2.05, 4.69) is 0 Å². The smallest absolute Gasteiger partial charge is 0.119 e. The lowest BCUT2D eigenvalue weighted by molar-refractivity contribution is 0.662. The number of halogens is 1. The molecule has 0 saturated carbocycles.